The lowest BCUT2D eigenvalue weighted by Gasteiger charge is -2.26. The second-order valence-electron chi connectivity index (χ2n) is 6.38. The standard InChI is InChI=1S/C15H29NO2/c1-12(2)14(11-17-3)16-10-13-6-9-15(18-13)7-4-5-8-15/h12-14,16H,4-11H2,1-3H3. The fourth-order valence-electron chi connectivity index (χ4n) is 3.38. The van der Waals surface area contributed by atoms with Gasteiger partial charge < -0.3 is 14.8 Å². The molecule has 1 aliphatic heterocycles. The van der Waals surface area contributed by atoms with Crippen LogP contribution in [0.2, 0.25) is 0 Å². The Bertz CT molecular complexity index is 249. The zero-order chi connectivity index (χ0) is 13.0. The summed E-state index contributed by atoms with van der Waals surface area (Å²) in [5.41, 5.74) is 0.265. The average molecular weight is 255 g/mol. The monoisotopic (exact) mass is 255 g/mol. The van der Waals surface area contributed by atoms with Gasteiger partial charge in [0.25, 0.3) is 0 Å². The first-order valence-corrected chi connectivity index (χ1v) is 7.55. The largest absolute Gasteiger partial charge is 0.383 e. The molecule has 106 valence electrons. The van der Waals surface area contributed by atoms with Crippen molar-refractivity contribution in [2.24, 2.45) is 5.92 Å². The Morgan fingerprint density at radius 1 is 1.28 bits per heavy atom. The highest BCUT2D eigenvalue weighted by molar-refractivity contribution is 4.93. The molecule has 0 aromatic rings. The van der Waals surface area contributed by atoms with Gasteiger partial charge in [-0.15, -0.1) is 0 Å². The van der Waals surface area contributed by atoms with Gasteiger partial charge in [-0.25, -0.2) is 0 Å². The van der Waals surface area contributed by atoms with Crippen LogP contribution in [0, 0.1) is 5.92 Å². The molecular formula is C15H29NO2. The van der Waals surface area contributed by atoms with Gasteiger partial charge in [0.1, 0.15) is 0 Å². The lowest BCUT2D eigenvalue weighted by Crippen LogP contribution is -2.42. The Labute approximate surface area is 112 Å². The minimum absolute atomic E-state index is 0.265. The molecule has 0 aromatic carbocycles. The molecule has 2 fully saturated rings. The summed E-state index contributed by atoms with van der Waals surface area (Å²) in [5, 5.41) is 3.62. The highest BCUT2D eigenvalue weighted by atomic mass is 16.5. The lowest BCUT2D eigenvalue weighted by atomic mass is 9.98. The summed E-state index contributed by atoms with van der Waals surface area (Å²) in [5.74, 6) is 0.604. The number of nitrogens with one attached hydrogen (secondary N) is 1. The molecule has 0 aromatic heterocycles. The van der Waals surface area contributed by atoms with Crippen LogP contribution in [0.5, 0.6) is 0 Å². The summed E-state index contributed by atoms with van der Waals surface area (Å²) in [6.45, 7) is 6.25. The van der Waals surface area contributed by atoms with E-state index in [9.17, 15) is 0 Å². The first kappa shape index (κ1) is 14.3. The van der Waals surface area contributed by atoms with Gasteiger partial charge >= 0.3 is 0 Å². The van der Waals surface area contributed by atoms with Gasteiger partial charge in [0.15, 0.2) is 0 Å². The molecule has 0 amide bonds. The van der Waals surface area contributed by atoms with Crippen molar-refractivity contribution in [3.8, 4) is 0 Å². The highest BCUT2D eigenvalue weighted by Gasteiger charge is 2.41. The third-order valence-electron chi connectivity index (χ3n) is 4.61. The summed E-state index contributed by atoms with van der Waals surface area (Å²) in [4.78, 5) is 0. The number of rotatable bonds is 6. The molecule has 3 heteroatoms. The Morgan fingerprint density at radius 2 is 2.00 bits per heavy atom. The van der Waals surface area contributed by atoms with Gasteiger partial charge in [-0.1, -0.05) is 26.7 Å². The van der Waals surface area contributed by atoms with Gasteiger partial charge in [-0.3, -0.25) is 0 Å². The van der Waals surface area contributed by atoms with Gasteiger partial charge in [0.05, 0.1) is 18.3 Å². The van der Waals surface area contributed by atoms with Crippen molar-refractivity contribution < 1.29 is 9.47 Å². The SMILES string of the molecule is COCC(NCC1CCC2(CCCC2)O1)C(C)C. The van der Waals surface area contributed by atoms with Crippen molar-refractivity contribution in [3.05, 3.63) is 0 Å². The van der Waals surface area contributed by atoms with E-state index in [2.05, 4.69) is 19.2 Å². The van der Waals surface area contributed by atoms with E-state index in [0.717, 1.165) is 13.2 Å². The topological polar surface area (TPSA) is 30.5 Å². The zero-order valence-electron chi connectivity index (χ0n) is 12.2. The summed E-state index contributed by atoms with van der Waals surface area (Å²) in [7, 11) is 1.77. The third kappa shape index (κ3) is 3.46. The van der Waals surface area contributed by atoms with E-state index in [1.165, 1.54) is 38.5 Å². The van der Waals surface area contributed by atoms with E-state index in [4.69, 9.17) is 9.47 Å². The number of methoxy groups -OCH3 is 1. The van der Waals surface area contributed by atoms with E-state index < -0.39 is 0 Å². The van der Waals surface area contributed by atoms with E-state index >= 15 is 0 Å². The van der Waals surface area contributed by atoms with Crippen LogP contribution < -0.4 is 5.32 Å². The van der Waals surface area contributed by atoms with Gasteiger partial charge in [-0.05, 0) is 31.6 Å². The quantitative estimate of drug-likeness (QED) is 0.791. The van der Waals surface area contributed by atoms with Gasteiger partial charge in [-0.2, -0.15) is 0 Å². The van der Waals surface area contributed by atoms with Crippen molar-refractivity contribution in [3.63, 3.8) is 0 Å². The van der Waals surface area contributed by atoms with Crippen molar-refractivity contribution >= 4 is 0 Å². The highest BCUT2D eigenvalue weighted by Crippen LogP contribution is 2.43. The van der Waals surface area contributed by atoms with Crippen molar-refractivity contribution in [2.75, 3.05) is 20.3 Å². The molecule has 0 bridgehead atoms. The Balaban J connectivity index is 1.74. The predicted octanol–water partition coefficient (Wildman–Crippen LogP) is 2.74. The van der Waals surface area contributed by atoms with Gasteiger partial charge in [0, 0.05) is 19.7 Å². The lowest BCUT2D eigenvalue weighted by molar-refractivity contribution is -0.0371. The molecule has 1 heterocycles. The van der Waals surface area contributed by atoms with E-state index in [-0.39, 0.29) is 5.60 Å². The fourth-order valence-corrected chi connectivity index (χ4v) is 3.38. The molecule has 2 rings (SSSR count). The second kappa shape index (κ2) is 6.36. The molecule has 2 atom stereocenters. The summed E-state index contributed by atoms with van der Waals surface area (Å²) < 4.78 is 11.6. The molecule has 1 N–H and O–H groups in total. The molecule has 2 unspecified atom stereocenters. The summed E-state index contributed by atoms with van der Waals surface area (Å²) in [6, 6.07) is 0.443. The Hall–Kier alpha value is -0.120. The maximum Gasteiger partial charge on any atom is 0.0708 e. The third-order valence-corrected chi connectivity index (χ3v) is 4.61. The zero-order valence-corrected chi connectivity index (χ0v) is 12.2. The van der Waals surface area contributed by atoms with E-state index in [0.29, 0.717) is 18.1 Å². The second-order valence-corrected chi connectivity index (χ2v) is 6.38. The minimum atomic E-state index is 0.265. The molecular weight excluding hydrogens is 226 g/mol. The Morgan fingerprint density at radius 3 is 2.61 bits per heavy atom. The van der Waals surface area contributed by atoms with Crippen LogP contribution >= 0.6 is 0 Å². The first-order chi connectivity index (χ1) is 8.65. The van der Waals surface area contributed by atoms with E-state index in [1.54, 1.807) is 7.11 Å². The van der Waals surface area contributed by atoms with Crippen LogP contribution in [0.25, 0.3) is 0 Å². The van der Waals surface area contributed by atoms with Gasteiger partial charge in [0.2, 0.25) is 0 Å². The molecule has 2 aliphatic rings. The van der Waals surface area contributed by atoms with Crippen LogP contribution in [0.3, 0.4) is 0 Å². The number of hydrogen-bond acceptors (Lipinski definition) is 3. The van der Waals surface area contributed by atoms with Crippen LogP contribution in [0.15, 0.2) is 0 Å². The average Bonchev–Trinajstić information content (AvgIpc) is 2.95. The molecule has 1 saturated heterocycles. The van der Waals surface area contributed by atoms with Crippen molar-refractivity contribution in [1.82, 2.24) is 5.32 Å². The predicted molar refractivity (Wildman–Crippen MR) is 73.8 cm³/mol. The maximum atomic E-state index is 6.31. The summed E-state index contributed by atoms with van der Waals surface area (Å²) >= 11 is 0. The van der Waals surface area contributed by atoms with Crippen molar-refractivity contribution in [2.45, 2.75) is 70.1 Å². The van der Waals surface area contributed by atoms with Crippen LogP contribution in [-0.2, 0) is 9.47 Å². The van der Waals surface area contributed by atoms with E-state index in [1.807, 2.05) is 0 Å². The normalized spacial score (nSPS) is 28.3. The molecule has 3 nitrogen and oxygen atoms in total. The summed E-state index contributed by atoms with van der Waals surface area (Å²) in [6.07, 6.45) is 8.21. The minimum Gasteiger partial charge on any atom is -0.383 e. The smallest absolute Gasteiger partial charge is 0.0708 e. The maximum absolute atomic E-state index is 6.31. The number of hydrogen-bond donors (Lipinski definition) is 1. The molecule has 0 radical (unpaired) electrons. The molecule has 1 saturated carbocycles. The molecule has 18 heavy (non-hydrogen) atoms. The van der Waals surface area contributed by atoms with Crippen LogP contribution in [0.1, 0.15) is 52.4 Å². The fraction of sp³-hybridized carbons (Fsp3) is 1.00. The molecule has 1 spiro atoms. The Kier molecular flexibility index (Phi) is 5.05. The first-order valence-electron chi connectivity index (χ1n) is 7.55. The van der Waals surface area contributed by atoms with Crippen molar-refractivity contribution in [1.29, 1.82) is 0 Å². The van der Waals surface area contributed by atoms with Crippen LogP contribution in [-0.4, -0.2) is 38.0 Å². The van der Waals surface area contributed by atoms with Crippen LogP contribution in [0.4, 0.5) is 0 Å². The number of ether oxygens (including phenoxy) is 2. The molecule has 1 aliphatic carbocycles.